The second kappa shape index (κ2) is 6.98. The molecule has 1 aromatic carbocycles. The third-order valence-electron chi connectivity index (χ3n) is 4.37. The van der Waals surface area contributed by atoms with Crippen LogP contribution in [0.15, 0.2) is 30.6 Å². The Hall–Kier alpha value is -2.44. The van der Waals surface area contributed by atoms with Gasteiger partial charge in [-0.25, -0.2) is 13.9 Å². The zero-order valence-corrected chi connectivity index (χ0v) is 13.9. The minimum atomic E-state index is -0.290. The van der Waals surface area contributed by atoms with E-state index >= 15 is 0 Å². The number of carbonyl (C=O) groups is 1. The summed E-state index contributed by atoms with van der Waals surface area (Å²) in [6, 6.07) is 4.77. The Kier molecular flexibility index (Phi) is 4.78. The van der Waals surface area contributed by atoms with Crippen molar-refractivity contribution in [1.82, 2.24) is 19.9 Å². The molecule has 1 aliphatic rings. The molecular weight excluding hydrogens is 309 g/mol. The van der Waals surface area contributed by atoms with Crippen molar-refractivity contribution in [2.75, 3.05) is 18.4 Å². The monoisotopic (exact) mass is 331 g/mol. The summed E-state index contributed by atoms with van der Waals surface area (Å²) in [4.78, 5) is 14.2. The van der Waals surface area contributed by atoms with E-state index in [4.69, 9.17) is 0 Å². The summed E-state index contributed by atoms with van der Waals surface area (Å²) in [5.74, 6) is -0.178. The maximum absolute atomic E-state index is 14.1. The molecule has 1 aliphatic heterocycles. The van der Waals surface area contributed by atoms with Gasteiger partial charge in [-0.15, -0.1) is 5.10 Å². The Morgan fingerprint density at radius 1 is 1.42 bits per heavy atom. The predicted octanol–water partition coefficient (Wildman–Crippen LogP) is 3.41. The summed E-state index contributed by atoms with van der Waals surface area (Å²) in [6.45, 7) is 5.13. The van der Waals surface area contributed by atoms with Gasteiger partial charge in [0.15, 0.2) is 0 Å². The molecule has 2 aromatic rings. The molecule has 0 bridgehead atoms. The predicted molar refractivity (Wildman–Crippen MR) is 89.4 cm³/mol. The molecule has 24 heavy (non-hydrogen) atoms. The van der Waals surface area contributed by atoms with Crippen molar-refractivity contribution in [2.45, 2.75) is 38.6 Å². The summed E-state index contributed by atoms with van der Waals surface area (Å²) in [5, 5.41) is 10.6. The molecule has 1 unspecified atom stereocenters. The number of urea groups is 1. The van der Waals surface area contributed by atoms with Gasteiger partial charge in [-0.1, -0.05) is 25.1 Å². The van der Waals surface area contributed by atoms with E-state index < -0.39 is 0 Å². The number of hydrogen-bond acceptors (Lipinski definition) is 3. The minimum Gasteiger partial charge on any atom is -0.322 e. The molecule has 2 amide bonds. The van der Waals surface area contributed by atoms with Gasteiger partial charge in [0, 0.05) is 25.0 Å². The maximum atomic E-state index is 14.1. The molecule has 0 aliphatic carbocycles. The molecule has 1 N–H and O–H groups in total. The lowest BCUT2D eigenvalue weighted by Gasteiger charge is -2.32. The molecule has 1 aromatic heterocycles. The molecular formula is C17H22FN5O. The first-order chi connectivity index (χ1) is 11.5. The Morgan fingerprint density at radius 3 is 2.92 bits per heavy atom. The second-order valence-corrected chi connectivity index (χ2v) is 6.45. The molecule has 6 nitrogen and oxygen atoms in total. The van der Waals surface area contributed by atoms with E-state index in [1.165, 1.54) is 6.07 Å². The van der Waals surface area contributed by atoms with Crippen molar-refractivity contribution in [1.29, 1.82) is 0 Å². The van der Waals surface area contributed by atoms with Crippen LogP contribution in [0.3, 0.4) is 0 Å². The Morgan fingerprint density at radius 2 is 2.25 bits per heavy atom. The van der Waals surface area contributed by atoms with E-state index in [-0.39, 0.29) is 23.8 Å². The average molecular weight is 331 g/mol. The van der Waals surface area contributed by atoms with E-state index in [9.17, 15) is 9.18 Å². The quantitative estimate of drug-likeness (QED) is 0.937. The second-order valence-electron chi connectivity index (χ2n) is 6.45. The molecule has 0 radical (unpaired) electrons. The molecule has 128 valence electrons. The highest BCUT2D eigenvalue weighted by Gasteiger charge is 2.25. The van der Waals surface area contributed by atoms with Crippen molar-refractivity contribution < 1.29 is 9.18 Å². The SMILES string of the molecule is CC(C)c1ccc(NC(=O)N2CCCC(n3ccnn3)C2)cc1F. The third-order valence-corrected chi connectivity index (χ3v) is 4.37. The van der Waals surface area contributed by atoms with E-state index in [0.29, 0.717) is 24.3 Å². The number of rotatable bonds is 3. The van der Waals surface area contributed by atoms with E-state index in [1.54, 1.807) is 27.9 Å². The van der Waals surface area contributed by atoms with Gasteiger partial charge >= 0.3 is 6.03 Å². The van der Waals surface area contributed by atoms with Crippen molar-refractivity contribution in [3.05, 3.63) is 42.0 Å². The molecule has 2 heterocycles. The fourth-order valence-corrected chi connectivity index (χ4v) is 3.04. The fourth-order valence-electron chi connectivity index (χ4n) is 3.04. The van der Waals surface area contributed by atoms with Crippen LogP contribution < -0.4 is 5.32 Å². The minimum absolute atomic E-state index is 0.111. The first-order valence-electron chi connectivity index (χ1n) is 8.26. The van der Waals surface area contributed by atoms with Gasteiger partial charge in [-0.2, -0.15) is 0 Å². The summed E-state index contributed by atoms with van der Waals surface area (Å²) in [5.41, 5.74) is 1.13. The van der Waals surface area contributed by atoms with E-state index in [0.717, 1.165) is 12.8 Å². The van der Waals surface area contributed by atoms with Crippen LogP contribution in [0.2, 0.25) is 0 Å². The number of nitrogens with zero attached hydrogens (tertiary/aromatic N) is 4. The average Bonchev–Trinajstić information content (AvgIpc) is 3.09. The van der Waals surface area contributed by atoms with Gasteiger partial charge in [0.25, 0.3) is 0 Å². The number of amides is 2. The van der Waals surface area contributed by atoms with Crippen LogP contribution in [0.1, 0.15) is 44.2 Å². The number of nitrogens with one attached hydrogen (secondary N) is 1. The summed E-state index contributed by atoms with van der Waals surface area (Å²) >= 11 is 0. The molecule has 1 atom stereocenters. The van der Waals surface area contributed by atoms with Crippen LogP contribution >= 0.6 is 0 Å². The zero-order valence-electron chi connectivity index (χ0n) is 13.9. The number of halogens is 1. The smallest absolute Gasteiger partial charge is 0.321 e. The third kappa shape index (κ3) is 3.55. The summed E-state index contributed by atoms with van der Waals surface area (Å²) < 4.78 is 15.8. The molecule has 0 saturated carbocycles. The maximum Gasteiger partial charge on any atom is 0.321 e. The van der Waals surface area contributed by atoms with Gasteiger partial charge in [0.1, 0.15) is 5.82 Å². The zero-order chi connectivity index (χ0) is 17.1. The van der Waals surface area contributed by atoms with E-state index in [2.05, 4.69) is 15.6 Å². The number of carbonyl (C=O) groups excluding carboxylic acids is 1. The number of anilines is 1. The first-order valence-corrected chi connectivity index (χ1v) is 8.26. The molecule has 7 heteroatoms. The lowest BCUT2D eigenvalue weighted by Crippen LogP contribution is -2.43. The highest BCUT2D eigenvalue weighted by Crippen LogP contribution is 2.23. The Labute approximate surface area is 140 Å². The number of hydrogen-bond donors (Lipinski definition) is 1. The van der Waals surface area contributed by atoms with Crippen molar-refractivity contribution >= 4 is 11.7 Å². The lowest BCUT2D eigenvalue weighted by atomic mass is 10.0. The van der Waals surface area contributed by atoms with Gasteiger partial charge in [0.2, 0.25) is 0 Å². The van der Waals surface area contributed by atoms with Gasteiger partial charge in [-0.05, 0) is 36.5 Å². The van der Waals surface area contributed by atoms with Crippen molar-refractivity contribution in [3.8, 4) is 0 Å². The number of benzene rings is 1. The van der Waals surface area contributed by atoms with Crippen LogP contribution in [0.5, 0.6) is 0 Å². The molecule has 0 spiro atoms. The van der Waals surface area contributed by atoms with Crippen LogP contribution in [0.4, 0.5) is 14.9 Å². The summed E-state index contributed by atoms with van der Waals surface area (Å²) in [7, 11) is 0. The van der Waals surface area contributed by atoms with Gasteiger partial charge in [-0.3, -0.25) is 0 Å². The largest absolute Gasteiger partial charge is 0.322 e. The topological polar surface area (TPSA) is 63.1 Å². The van der Waals surface area contributed by atoms with Crippen LogP contribution in [0.25, 0.3) is 0 Å². The van der Waals surface area contributed by atoms with Gasteiger partial charge in [0.05, 0.1) is 12.2 Å². The molecule has 1 fully saturated rings. The summed E-state index contributed by atoms with van der Waals surface area (Å²) in [6.07, 6.45) is 5.31. The van der Waals surface area contributed by atoms with Crippen LogP contribution in [-0.2, 0) is 0 Å². The van der Waals surface area contributed by atoms with Crippen molar-refractivity contribution in [2.24, 2.45) is 0 Å². The normalized spacial score (nSPS) is 18.0. The highest BCUT2D eigenvalue weighted by atomic mass is 19.1. The van der Waals surface area contributed by atoms with Gasteiger partial charge < -0.3 is 10.2 Å². The number of likely N-dealkylation sites (tertiary alicyclic amines) is 1. The van der Waals surface area contributed by atoms with Crippen LogP contribution in [-0.4, -0.2) is 39.0 Å². The number of piperidine rings is 1. The van der Waals surface area contributed by atoms with E-state index in [1.807, 2.05) is 20.0 Å². The highest BCUT2D eigenvalue weighted by molar-refractivity contribution is 5.89. The first kappa shape index (κ1) is 16.4. The van der Waals surface area contributed by atoms with Crippen molar-refractivity contribution in [3.63, 3.8) is 0 Å². The number of aromatic nitrogens is 3. The lowest BCUT2D eigenvalue weighted by molar-refractivity contribution is 0.174. The standard InChI is InChI=1S/C17H22FN5O/c1-12(2)15-6-5-13(10-16(15)18)20-17(24)22-8-3-4-14(11-22)23-9-7-19-21-23/h5-7,9-10,12,14H,3-4,8,11H2,1-2H3,(H,20,24). The van der Waals surface area contributed by atoms with Crippen LogP contribution in [0, 0.1) is 5.82 Å². The Balaban J connectivity index is 1.65. The fraction of sp³-hybridized carbons (Fsp3) is 0.471. The molecule has 1 saturated heterocycles. The molecule has 3 rings (SSSR count). The Bertz CT molecular complexity index is 701.